The van der Waals surface area contributed by atoms with E-state index in [0.717, 1.165) is 20.9 Å². The summed E-state index contributed by atoms with van der Waals surface area (Å²) in [6.45, 7) is 6.24. The molecule has 0 spiro atoms. The van der Waals surface area contributed by atoms with Crippen molar-refractivity contribution in [2.24, 2.45) is 0 Å². The van der Waals surface area contributed by atoms with Crippen LogP contribution in [0.3, 0.4) is 0 Å². The zero-order valence-electron chi connectivity index (χ0n) is 10.5. The highest BCUT2D eigenvalue weighted by atomic mass is 127. The van der Waals surface area contributed by atoms with Crippen molar-refractivity contribution in [3.63, 3.8) is 0 Å². The van der Waals surface area contributed by atoms with Gasteiger partial charge in [-0.3, -0.25) is 0 Å². The number of nitrogens with zero attached hydrogens (tertiary/aromatic N) is 2. The Hall–Kier alpha value is -0.750. The Morgan fingerprint density at radius 2 is 2.11 bits per heavy atom. The van der Waals surface area contributed by atoms with E-state index in [0.29, 0.717) is 11.1 Å². The third-order valence-electron chi connectivity index (χ3n) is 2.58. The van der Waals surface area contributed by atoms with Gasteiger partial charge in [0, 0.05) is 15.8 Å². The third kappa shape index (κ3) is 2.98. The summed E-state index contributed by atoms with van der Waals surface area (Å²) in [6.07, 6.45) is 2.04. The zero-order chi connectivity index (χ0) is 13.3. The lowest BCUT2D eigenvalue weighted by molar-refractivity contribution is 0.607. The Bertz CT molecular complexity index is 563. The Morgan fingerprint density at radius 3 is 2.78 bits per heavy atom. The molecule has 96 valence electrons. The largest absolute Gasteiger partial charge is 0.324 e. The van der Waals surface area contributed by atoms with Crippen LogP contribution in [0.25, 0.3) is 0 Å². The van der Waals surface area contributed by atoms with Gasteiger partial charge in [-0.25, -0.2) is 4.98 Å². The van der Waals surface area contributed by atoms with Crippen LogP contribution in [0, 0.1) is 10.5 Å². The molecular weight excluding hydrogens is 361 g/mol. The van der Waals surface area contributed by atoms with Gasteiger partial charge in [-0.2, -0.15) is 0 Å². The molecular formula is C13H15ClIN3. The van der Waals surface area contributed by atoms with E-state index in [1.165, 1.54) is 0 Å². The summed E-state index contributed by atoms with van der Waals surface area (Å²) in [6, 6.07) is 6.24. The average molecular weight is 376 g/mol. The van der Waals surface area contributed by atoms with Crippen molar-refractivity contribution >= 4 is 45.8 Å². The van der Waals surface area contributed by atoms with Crippen LogP contribution in [0.15, 0.2) is 24.4 Å². The van der Waals surface area contributed by atoms with Crippen molar-refractivity contribution in [1.29, 1.82) is 0 Å². The van der Waals surface area contributed by atoms with Gasteiger partial charge in [0.25, 0.3) is 0 Å². The van der Waals surface area contributed by atoms with Crippen LogP contribution in [0.5, 0.6) is 0 Å². The lowest BCUT2D eigenvalue weighted by Crippen LogP contribution is -2.05. The van der Waals surface area contributed by atoms with Crippen molar-refractivity contribution in [2.75, 3.05) is 5.32 Å². The number of anilines is 2. The number of aryl methyl sites for hydroxylation is 1. The molecule has 2 aromatic rings. The zero-order valence-corrected chi connectivity index (χ0v) is 13.5. The molecule has 0 saturated heterocycles. The van der Waals surface area contributed by atoms with Crippen molar-refractivity contribution in [1.82, 2.24) is 9.55 Å². The van der Waals surface area contributed by atoms with E-state index in [1.54, 1.807) is 0 Å². The van der Waals surface area contributed by atoms with Crippen LogP contribution >= 0.6 is 34.2 Å². The number of nitrogens with one attached hydrogen (secondary N) is 1. The maximum absolute atomic E-state index is 6.18. The van der Waals surface area contributed by atoms with Gasteiger partial charge in [-0.15, -0.1) is 0 Å². The van der Waals surface area contributed by atoms with Gasteiger partial charge in [0.1, 0.15) is 0 Å². The van der Waals surface area contributed by atoms with Crippen LogP contribution in [0.4, 0.5) is 11.6 Å². The van der Waals surface area contributed by atoms with Gasteiger partial charge < -0.3 is 9.88 Å². The number of rotatable bonds is 3. The second-order valence-electron chi connectivity index (χ2n) is 4.46. The molecule has 0 saturated carbocycles. The minimum absolute atomic E-state index is 0.357. The molecule has 5 heteroatoms. The Kier molecular flexibility index (Phi) is 4.17. The molecule has 0 amide bonds. The van der Waals surface area contributed by atoms with Crippen LogP contribution < -0.4 is 5.32 Å². The highest BCUT2D eigenvalue weighted by molar-refractivity contribution is 14.1. The Morgan fingerprint density at radius 1 is 1.39 bits per heavy atom. The number of halogens is 2. The monoisotopic (exact) mass is 375 g/mol. The summed E-state index contributed by atoms with van der Waals surface area (Å²) in [4.78, 5) is 4.49. The van der Waals surface area contributed by atoms with E-state index in [9.17, 15) is 0 Å². The minimum Gasteiger partial charge on any atom is -0.324 e. The average Bonchev–Trinajstić information content (AvgIpc) is 2.65. The molecule has 2 rings (SSSR count). The molecule has 3 nitrogen and oxygen atoms in total. The number of benzene rings is 1. The highest BCUT2D eigenvalue weighted by Gasteiger charge is 2.10. The van der Waals surface area contributed by atoms with E-state index >= 15 is 0 Å². The normalized spacial score (nSPS) is 11.0. The standard InChI is InChI=1S/C13H15ClIN3/c1-8(2)18-7-9(3)16-13(18)17-12-6-10(15)4-5-11(12)14/h4-8H,1-3H3,(H,16,17). The molecule has 0 bridgehead atoms. The van der Waals surface area contributed by atoms with Crippen molar-refractivity contribution in [2.45, 2.75) is 26.8 Å². The van der Waals surface area contributed by atoms with Gasteiger partial charge in [-0.05, 0) is 61.6 Å². The smallest absolute Gasteiger partial charge is 0.207 e. The first-order chi connectivity index (χ1) is 8.47. The van der Waals surface area contributed by atoms with E-state index in [1.807, 2.05) is 31.3 Å². The predicted octanol–water partition coefficient (Wildman–Crippen LogP) is 4.77. The summed E-state index contributed by atoms with van der Waals surface area (Å²) >= 11 is 8.45. The van der Waals surface area contributed by atoms with Gasteiger partial charge >= 0.3 is 0 Å². The molecule has 1 N–H and O–H groups in total. The van der Waals surface area contributed by atoms with Gasteiger partial charge in [-0.1, -0.05) is 11.6 Å². The minimum atomic E-state index is 0.357. The lowest BCUT2D eigenvalue weighted by atomic mass is 10.3. The van der Waals surface area contributed by atoms with Crippen LogP contribution in [0.2, 0.25) is 5.02 Å². The van der Waals surface area contributed by atoms with Crippen molar-refractivity contribution < 1.29 is 0 Å². The SMILES string of the molecule is Cc1cn(C(C)C)c(Nc2cc(I)ccc2Cl)n1. The molecule has 1 aromatic heterocycles. The van der Waals surface area contributed by atoms with E-state index in [2.05, 4.69) is 51.3 Å². The Balaban J connectivity index is 2.36. The van der Waals surface area contributed by atoms with Crippen molar-refractivity contribution in [3.8, 4) is 0 Å². The highest BCUT2D eigenvalue weighted by Crippen LogP contribution is 2.28. The summed E-state index contributed by atoms with van der Waals surface area (Å²) in [7, 11) is 0. The van der Waals surface area contributed by atoms with Crippen LogP contribution in [0.1, 0.15) is 25.6 Å². The molecule has 0 unspecified atom stereocenters. The third-order valence-corrected chi connectivity index (χ3v) is 3.58. The maximum atomic E-state index is 6.18. The maximum Gasteiger partial charge on any atom is 0.207 e. The summed E-state index contributed by atoms with van der Waals surface area (Å²) in [5, 5.41) is 4.00. The summed E-state index contributed by atoms with van der Waals surface area (Å²) in [5.41, 5.74) is 1.88. The molecule has 1 heterocycles. The molecule has 18 heavy (non-hydrogen) atoms. The summed E-state index contributed by atoms with van der Waals surface area (Å²) < 4.78 is 3.24. The molecule has 0 aliphatic rings. The molecule has 0 radical (unpaired) electrons. The first-order valence-corrected chi connectivity index (χ1v) is 7.20. The van der Waals surface area contributed by atoms with Gasteiger partial charge in [0.15, 0.2) is 0 Å². The molecule has 0 fully saturated rings. The fourth-order valence-electron chi connectivity index (χ4n) is 1.72. The first kappa shape index (κ1) is 13.7. The lowest BCUT2D eigenvalue weighted by Gasteiger charge is -2.13. The summed E-state index contributed by atoms with van der Waals surface area (Å²) in [5.74, 6) is 0.825. The number of hydrogen-bond acceptors (Lipinski definition) is 2. The first-order valence-electron chi connectivity index (χ1n) is 5.75. The van der Waals surface area contributed by atoms with E-state index in [-0.39, 0.29) is 0 Å². The predicted molar refractivity (Wildman–Crippen MR) is 84.8 cm³/mol. The van der Waals surface area contributed by atoms with Crippen LogP contribution in [-0.4, -0.2) is 9.55 Å². The molecule has 0 atom stereocenters. The van der Waals surface area contributed by atoms with Crippen molar-refractivity contribution in [3.05, 3.63) is 38.7 Å². The molecule has 0 aliphatic heterocycles. The van der Waals surface area contributed by atoms with Gasteiger partial charge in [0.2, 0.25) is 5.95 Å². The molecule has 0 aliphatic carbocycles. The van der Waals surface area contributed by atoms with Gasteiger partial charge in [0.05, 0.1) is 16.4 Å². The van der Waals surface area contributed by atoms with E-state index in [4.69, 9.17) is 11.6 Å². The fraction of sp³-hybridized carbons (Fsp3) is 0.308. The quantitative estimate of drug-likeness (QED) is 0.783. The van der Waals surface area contributed by atoms with Crippen LogP contribution in [-0.2, 0) is 0 Å². The second-order valence-corrected chi connectivity index (χ2v) is 6.11. The van der Waals surface area contributed by atoms with E-state index < -0.39 is 0 Å². The second kappa shape index (κ2) is 5.48. The fourth-order valence-corrected chi connectivity index (χ4v) is 2.37. The number of aromatic nitrogens is 2. The number of hydrogen-bond donors (Lipinski definition) is 1. The molecule has 1 aromatic carbocycles. The topological polar surface area (TPSA) is 29.9 Å². The number of imidazole rings is 1. The Labute approximate surface area is 126 Å².